The van der Waals surface area contributed by atoms with Gasteiger partial charge >= 0.3 is 6.18 Å². The summed E-state index contributed by atoms with van der Waals surface area (Å²) in [6.07, 6.45) is -4.28. The van der Waals surface area contributed by atoms with E-state index in [1.807, 2.05) is 0 Å². The van der Waals surface area contributed by atoms with Crippen molar-refractivity contribution in [2.45, 2.75) is 25.7 Å². The Morgan fingerprint density at radius 3 is 2.79 bits per heavy atom. The number of hydrogen-bond donors (Lipinski definition) is 2. The van der Waals surface area contributed by atoms with Crippen LogP contribution in [-0.4, -0.2) is 21.4 Å². The molecule has 3 N–H and O–H groups in total. The normalized spacial score (nSPS) is 15.3. The summed E-state index contributed by atoms with van der Waals surface area (Å²) in [5.74, 6) is -0.916. The molecular formula is C15H14F4N4O. The molecule has 2 aromatic rings. The second kappa shape index (κ2) is 5.90. The molecule has 3 rings (SSSR count). The molecule has 128 valence electrons. The Labute approximate surface area is 134 Å². The van der Waals surface area contributed by atoms with Crippen LogP contribution in [0.5, 0.6) is 0 Å². The summed E-state index contributed by atoms with van der Waals surface area (Å²) in [5, 5.41) is 0. The van der Waals surface area contributed by atoms with E-state index in [1.54, 1.807) is 4.90 Å². The van der Waals surface area contributed by atoms with Crippen LogP contribution < -0.4 is 11.3 Å². The molecule has 1 aliphatic rings. The van der Waals surface area contributed by atoms with E-state index in [1.165, 1.54) is 0 Å². The summed E-state index contributed by atoms with van der Waals surface area (Å²) in [6, 6.07) is 2.88. The van der Waals surface area contributed by atoms with Crippen LogP contribution in [0, 0.1) is 5.82 Å². The van der Waals surface area contributed by atoms with Gasteiger partial charge in [0.05, 0.1) is 16.8 Å². The first-order valence-corrected chi connectivity index (χ1v) is 7.20. The number of rotatable bonds is 2. The van der Waals surface area contributed by atoms with E-state index in [4.69, 9.17) is 5.73 Å². The highest BCUT2D eigenvalue weighted by Crippen LogP contribution is 2.34. The molecule has 2 heterocycles. The maximum absolute atomic E-state index is 13.9. The fraction of sp³-hybridized carbons (Fsp3) is 0.333. The van der Waals surface area contributed by atoms with Gasteiger partial charge in [-0.25, -0.2) is 9.37 Å². The molecular weight excluding hydrogens is 328 g/mol. The zero-order valence-corrected chi connectivity index (χ0v) is 12.5. The smallest absolute Gasteiger partial charge is 0.369 e. The average Bonchev–Trinajstić information content (AvgIpc) is 2.48. The van der Waals surface area contributed by atoms with E-state index in [0.717, 1.165) is 18.2 Å². The molecule has 5 nitrogen and oxygen atoms in total. The first-order valence-electron chi connectivity index (χ1n) is 7.20. The number of nitrogen functional groups attached to an aromatic ring is 1. The van der Waals surface area contributed by atoms with Gasteiger partial charge in [0.1, 0.15) is 5.82 Å². The number of H-pyrrole nitrogens is 1. The third-order valence-corrected chi connectivity index (χ3v) is 3.97. The quantitative estimate of drug-likeness (QED) is 0.820. The predicted octanol–water partition coefficient (Wildman–Crippen LogP) is 2.07. The number of nitrogens with one attached hydrogen (secondary N) is 1. The average molecular weight is 342 g/mol. The van der Waals surface area contributed by atoms with Gasteiger partial charge in [0.2, 0.25) is 5.95 Å². The number of halogens is 4. The van der Waals surface area contributed by atoms with Crippen LogP contribution in [0.2, 0.25) is 0 Å². The summed E-state index contributed by atoms with van der Waals surface area (Å²) >= 11 is 0. The summed E-state index contributed by atoms with van der Waals surface area (Å²) < 4.78 is 53.1. The van der Waals surface area contributed by atoms with Gasteiger partial charge in [0.15, 0.2) is 0 Å². The second-order valence-corrected chi connectivity index (χ2v) is 5.60. The van der Waals surface area contributed by atoms with Crippen LogP contribution in [0.4, 0.5) is 23.5 Å². The molecule has 0 fully saturated rings. The molecule has 0 spiro atoms. The number of fused-ring (bicyclic) bond motifs is 1. The summed E-state index contributed by atoms with van der Waals surface area (Å²) in [4.78, 5) is 19.9. The van der Waals surface area contributed by atoms with Gasteiger partial charge in [0, 0.05) is 31.6 Å². The Balaban J connectivity index is 1.90. The van der Waals surface area contributed by atoms with Crippen molar-refractivity contribution in [3.63, 3.8) is 0 Å². The van der Waals surface area contributed by atoms with Crippen molar-refractivity contribution in [2.75, 3.05) is 12.3 Å². The van der Waals surface area contributed by atoms with Gasteiger partial charge in [-0.1, -0.05) is 6.07 Å². The Morgan fingerprint density at radius 2 is 2.08 bits per heavy atom. The van der Waals surface area contributed by atoms with Gasteiger partial charge in [-0.05, 0) is 12.1 Å². The molecule has 0 unspecified atom stereocenters. The van der Waals surface area contributed by atoms with Crippen LogP contribution in [0.3, 0.4) is 0 Å². The van der Waals surface area contributed by atoms with Crippen LogP contribution >= 0.6 is 0 Å². The fourth-order valence-electron chi connectivity index (χ4n) is 2.84. The lowest BCUT2D eigenvalue weighted by molar-refractivity contribution is -0.138. The molecule has 0 bridgehead atoms. The molecule has 0 saturated heterocycles. The van der Waals surface area contributed by atoms with Crippen LogP contribution in [0.15, 0.2) is 23.0 Å². The zero-order chi connectivity index (χ0) is 17.5. The van der Waals surface area contributed by atoms with Crippen molar-refractivity contribution in [1.29, 1.82) is 0 Å². The standard InChI is InChI=1S/C15H14F4N4O/c16-11-3-1-2-10(15(17,18)19)8(11)6-23-5-4-12-9(7-23)13(24)22-14(20)21-12/h1-3H,4-7H2,(H3,20,21,22,24). The zero-order valence-electron chi connectivity index (χ0n) is 12.5. The topological polar surface area (TPSA) is 75.0 Å². The third kappa shape index (κ3) is 3.12. The Morgan fingerprint density at radius 1 is 1.33 bits per heavy atom. The van der Waals surface area contributed by atoms with E-state index >= 15 is 0 Å². The highest BCUT2D eigenvalue weighted by Gasteiger charge is 2.35. The van der Waals surface area contributed by atoms with Crippen molar-refractivity contribution in [2.24, 2.45) is 0 Å². The van der Waals surface area contributed by atoms with E-state index < -0.39 is 28.7 Å². The Kier molecular flexibility index (Phi) is 4.04. The van der Waals surface area contributed by atoms with E-state index in [9.17, 15) is 22.4 Å². The molecule has 0 atom stereocenters. The van der Waals surface area contributed by atoms with E-state index in [2.05, 4.69) is 9.97 Å². The minimum atomic E-state index is -4.64. The largest absolute Gasteiger partial charge is 0.416 e. The van der Waals surface area contributed by atoms with Crippen LogP contribution in [-0.2, 0) is 25.7 Å². The molecule has 24 heavy (non-hydrogen) atoms. The number of nitrogens with two attached hydrogens (primary N) is 1. The molecule has 0 radical (unpaired) electrons. The molecule has 1 aromatic carbocycles. The van der Waals surface area contributed by atoms with E-state index in [-0.39, 0.29) is 19.0 Å². The van der Waals surface area contributed by atoms with Gasteiger partial charge < -0.3 is 5.73 Å². The second-order valence-electron chi connectivity index (χ2n) is 5.60. The highest BCUT2D eigenvalue weighted by molar-refractivity contribution is 5.32. The van der Waals surface area contributed by atoms with Crippen molar-refractivity contribution < 1.29 is 17.6 Å². The molecule has 0 saturated carbocycles. The minimum Gasteiger partial charge on any atom is -0.369 e. The monoisotopic (exact) mass is 342 g/mol. The number of aromatic nitrogens is 2. The molecule has 1 aliphatic heterocycles. The van der Waals surface area contributed by atoms with Crippen molar-refractivity contribution in [3.05, 3.63) is 56.8 Å². The number of hydrogen-bond acceptors (Lipinski definition) is 4. The summed E-state index contributed by atoms with van der Waals surface area (Å²) in [6.45, 7) is 0.197. The number of nitrogens with zero attached hydrogens (tertiary/aromatic N) is 2. The van der Waals surface area contributed by atoms with Crippen LogP contribution in [0.25, 0.3) is 0 Å². The minimum absolute atomic E-state index is 0.000612. The predicted molar refractivity (Wildman–Crippen MR) is 78.5 cm³/mol. The highest BCUT2D eigenvalue weighted by atomic mass is 19.4. The number of anilines is 1. The van der Waals surface area contributed by atoms with Crippen molar-refractivity contribution in [1.82, 2.24) is 14.9 Å². The van der Waals surface area contributed by atoms with Gasteiger partial charge in [-0.15, -0.1) is 0 Å². The van der Waals surface area contributed by atoms with Gasteiger partial charge in [0.25, 0.3) is 5.56 Å². The molecule has 1 aromatic heterocycles. The number of aromatic amines is 1. The summed E-state index contributed by atoms with van der Waals surface area (Å²) in [5.41, 5.74) is 4.50. The molecule has 0 amide bonds. The number of alkyl halides is 3. The van der Waals surface area contributed by atoms with Gasteiger partial charge in [-0.2, -0.15) is 13.2 Å². The third-order valence-electron chi connectivity index (χ3n) is 3.97. The maximum Gasteiger partial charge on any atom is 0.416 e. The Bertz CT molecular complexity index is 831. The van der Waals surface area contributed by atoms with Gasteiger partial charge in [-0.3, -0.25) is 14.7 Å². The maximum atomic E-state index is 13.9. The van der Waals surface area contributed by atoms with E-state index in [0.29, 0.717) is 24.2 Å². The molecule has 0 aliphatic carbocycles. The van der Waals surface area contributed by atoms with Crippen molar-refractivity contribution >= 4 is 5.95 Å². The molecule has 9 heteroatoms. The SMILES string of the molecule is Nc1nc2c(c(=O)[nH]1)CN(Cc1c(F)cccc1C(F)(F)F)CC2. The lowest BCUT2D eigenvalue weighted by atomic mass is 10.0. The first-order chi connectivity index (χ1) is 11.3. The Hall–Kier alpha value is -2.42. The van der Waals surface area contributed by atoms with Crippen molar-refractivity contribution in [3.8, 4) is 0 Å². The summed E-state index contributed by atoms with van der Waals surface area (Å²) in [7, 11) is 0. The number of benzene rings is 1. The lowest BCUT2D eigenvalue weighted by Crippen LogP contribution is -2.36. The fourth-order valence-corrected chi connectivity index (χ4v) is 2.84. The lowest BCUT2D eigenvalue weighted by Gasteiger charge is -2.28. The van der Waals surface area contributed by atoms with Crippen LogP contribution in [0.1, 0.15) is 22.4 Å². The first kappa shape index (κ1) is 16.4.